The van der Waals surface area contributed by atoms with Gasteiger partial charge in [-0.1, -0.05) is 11.6 Å². The average Bonchev–Trinajstić information content (AvgIpc) is 3.06. The first kappa shape index (κ1) is 16.7. The molecule has 1 fully saturated rings. The van der Waals surface area contributed by atoms with Crippen LogP contribution in [0.1, 0.15) is 48.7 Å². The van der Waals surface area contributed by atoms with Gasteiger partial charge in [0.25, 0.3) is 5.91 Å². The van der Waals surface area contributed by atoms with Gasteiger partial charge in [-0.15, -0.1) is 0 Å². The van der Waals surface area contributed by atoms with Crippen LogP contribution in [0.25, 0.3) is 0 Å². The van der Waals surface area contributed by atoms with Crippen molar-refractivity contribution in [2.24, 2.45) is 0 Å². The molecule has 24 heavy (non-hydrogen) atoms. The second-order valence-electron chi connectivity index (χ2n) is 6.11. The fourth-order valence-electron chi connectivity index (χ4n) is 2.96. The molecule has 0 N–H and O–H groups in total. The number of likely N-dealkylation sites (tertiary alicyclic amines) is 1. The van der Waals surface area contributed by atoms with Crippen molar-refractivity contribution in [3.05, 3.63) is 52.9 Å². The molecule has 126 valence electrons. The van der Waals surface area contributed by atoms with Gasteiger partial charge < -0.3 is 9.64 Å². The molecule has 0 radical (unpaired) electrons. The van der Waals surface area contributed by atoms with E-state index in [-0.39, 0.29) is 18.1 Å². The Morgan fingerprint density at radius 1 is 1.38 bits per heavy atom. The summed E-state index contributed by atoms with van der Waals surface area (Å²) in [6.07, 6.45) is 6.96. The standard InChI is InChI=1S/C18H20ClN3O2/c1-12(2)24-17-15(19)10-14(11-21-17)18(23)22-9-3-4-16(22)13-5-7-20-8-6-13/h5-8,10-12,16H,3-4,9H2,1-2H3/t16-/m0/s1. The normalized spacial score (nSPS) is 17.3. The molecule has 1 atom stereocenters. The molecule has 0 aromatic carbocycles. The molecular formula is C18H20ClN3O2. The Hall–Kier alpha value is -2.14. The second-order valence-corrected chi connectivity index (χ2v) is 6.52. The molecule has 1 saturated heterocycles. The molecule has 3 heterocycles. The first-order valence-electron chi connectivity index (χ1n) is 8.09. The summed E-state index contributed by atoms with van der Waals surface area (Å²) in [5, 5.41) is 0.356. The molecule has 3 rings (SSSR count). The molecule has 2 aromatic heterocycles. The quantitative estimate of drug-likeness (QED) is 0.843. The highest BCUT2D eigenvalue weighted by molar-refractivity contribution is 6.32. The number of carbonyl (C=O) groups excluding carboxylic acids is 1. The molecule has 1 aliphatic heterocycles. The molecular weight excluding hydrogens is 326 g/mol. The minimum Gasteiger partial charge on any atom is -0.474 e. The van der Waals surface area contributed by atoms with Gasteiger partial charge in [0.2, 0.25) is 5.88 Å². The van der Waals surface area contributed by atoms with E-state index in [1.165, 1.54) is 6.20 Å². The number of hydrogen-bond acceptors (Lipinski definition) is 4. The number of halogens is 1. The van der Waals surface area contributed by atoms with Gasteiger partial charge in [0, 0.05) is 25.1 Å². The Kier molecular flexibility index (Phi) is 5.00. The Labute approximate surface area is 146 Å². The van der Waals surface area contributed by atoms with Crippen LogP contribution < -0.4 is 4.74 Å². The Morgan fingerprint density at radius 3 is 2.79 bits per heavy atom. The molecule has 0 aliphatic carbocycles. The van der Waals surface area contributed by atoms with Crippen LogP contribution in [0.15, 0.2) is 36.8 Å². The summed E-state index contributed by atoms with van der Waals surface area (Å²) in [4.78, 5) is 23.0. The molecule has 6 heteroatoms. The molecule has 2 aromatic rings. The van der Waals surface area contributed by atoms with E-state index in [0.29, 0.717) is 16.5 Å². The number of nitrogens with zero attached hydrogens (tertiary/aromatic N) is 3. The number of hydrogen-bond donors (Lipinski definition) is 0. The van der Waals surface area contributed by atoms with Crippen LogP contribution in [0.2, 0.25) is 5.02 Å². The van der Waals surface area contributed by atoms with E-state index in [2.05, 4.69) is 9.97 Å². The average molecular weight is 346 g/mol. The predicted molar refractivity (Wildman–Crippen MR) is 92.3 cm³/mol. The van der Waals surface area contributed by atoms with E-state index in [0.717, 1.165) is 24.9 Å². The topological polar surface area (TPSA) is 55.3 Å². The first-order chi connectivity index (χ1) is 11.6. The first-order valence-corrected chi connectivity index (χ1v) is 8.47. The highest BCUT2D eigenvalue weighted by atomic mass is 35.5. The fraction of sp³-hybridized carbons (Fsp3) is 0.389. The lowest BCUT2D eigenvalue weighted by atomic mass is 10.1. The Morgan fingerprint density at radius 2 is 2.12 bits per heavy atom. The second kappa shape index (κ2) is 7.18. The van der Waals surface area contributed by atoms with Crippen molar-refractivity contribution in [2.75, 3.05) is 6.54 Å². The zero-order chi connectivity index (χ0) is 17.1. The van der Waals surface area contributed by atoms with Crippen molar-refractivity contribution in [3.8, 4) is 5.88 Å². The summed E-state index contributed by atoms with van der Waals surface area (Å²) in [6.45, 7) is 4.54. The number of pyridine rings is 2. The van der Waals surface area contributed by atoms with Gasteiger partial charge in [0.15, 0.2) is 0 Å². The van der Waals surface area contributed by atoms with E-state index < -0.39 is 0 Å². The summed E-state index contributed by atoms with van der Waals surface area (Å²) in [5.41, 5.74) is 1.59. The van der Waals surface area contributed by atoms with Crippen molar-refractivity contribution in [1.82, 2.24) is 14.9 Å². The zero-order valence-electron chi connectivity index (χ0n) is 13.8. The van der Waals surface area contributed by atoms with Crippen LogP contribution >= 0.6 is 11.6 Å². The van der Waals surface area contributed by atoms with E-state index in [9.17, 15) is 4.79 Å². The van der Waals surface area contributed by atoms with Crippen LogP contribution in [0, 0.1) is 0 Å². The van der Waals surface area contributed by atoms with Gasteiger partial charge in [0.1, 0.15) is 5.02 Å². The van der Waals surface area contributed by atoms with Gasteiger partial charge in [-0.05, 0) is 50.5 Å². The summed E-state index contributed by atoms with van der Waals surface area (Å²) in [6, 6.07) is 5.63. The number of rotatable bonds is 4. The van der Waals surface area contributed by atoms with Crippen LogP contribution in [0.4, 0.5) is 0 Å². The summed E-state index contributed by atoms with van der Waals surface area (Å²) in [7, 11) is 0. The zero-order valence-corrected chi connectivity index (χ0v) is 14.5. The summed E-state index contributed by atoms with van der Waals surface area (Å²) >= 11 is 6.21. The van der Waals surface area contributed by atoms with Gasteiger partial charge in [-0.25, -0.2) is 4.98 Å². The minimum atomic E-state index is -0.0557. The van der Waals surface area contributed by atoms with Crippen LogP contribution in [0.5, 0.6) is 5.88 Å². The van der Waals surface area contributed by atoms with E-state index in [1.807, 2.05) is 30.9 Å². The van der Waals surface area contributed by atoms with E-state index >= 15 is 0 Å². The van der Waals surface area contributed by atoms with Gasteiger partial charge in [0.05, 0.1) is 17.7 Å². The molecule has 5 nitrogen and oxygen atoms in total. The predicted octanol–water partition coefficient (Wildman–Crippen LogP) is 3.89. The van der Waals surface area contributed by atoms with Crippen molar-refractivity contribution in [1.29, 1.82) is 0 Å². The third kappa shape index (κ3) is 3.51. The van der Waals surface area contributed by atoms with Crippen LogP contribution in [-0.4, -0.2) is 33.4 Å². The molecule has 0 saturated carbocycles. The summed E-state index contributed by atoms with van der Waals surface area (Å²) in [5.74, 6) is 0.301. The smallest absolute Gasteiger partial charge is 0.255 e. The number of ether oxygens (including phenoxy) is 1. The lowest BCUT2D eigenvalue weighted by molar-refractivity contribution is 0.0735. The van der Waals surface area contributed by atoms with Gasteiger partial charge in [-0.3, -0.25) is 9.78 Å². The number of amides is 1. The van der Waals surface area contributed by atoms with Crippen LogP contribution in [-0.2, 0) is 0 Å². The maximum atomic E-state index is 12.9. The minimum absolute atomic E-state index is 0.0220. The third-order valence-corrected chi connectivity index (χ3v) is 4.28. The van der Waals surface area contributed by atoms with E-state index in [1.54, 1.807) is 18.5 Å². The molecule has 0 spiro atoms. The number of carbonyl (C=O) groups is 1. The van der Waals surface area contributed by atoms with Crippen molar-refractivity contribution in [2.45, 2.75) is 38.8 Å². The highest BCUT2D eigenvalue weighted by Gasteiger charge is 2.31. The maximum Gasteiger partial charge on any atom is 0.255 e. The largest absolute Gasteiger partial charge is 0.474 e. The fourth-order valence-corrected chi connectivity index (χ4v) is 3.17. The monoisotopic (exact) mass is 345 g/mol. The van der Waals surface area contributed by atoms with Gasteiger partial charge >= 0.3 is 0 Å². The highest BCUT2D eigenvalue weighted by Crippen LogP contribution is 2.33. The third-order valence-electron chi connectivity index (χ3n) is 4.01. The molecule has 0 unspecified atom stereocenters. The molecule has 1 aliphatic rings. The lowest BCUT2D eigenvalue weighted by Gasteiger charge is -2.25. The SMILES string of the molecule is CC(C)Oc1ncc(C(=O)N2CCC[C@H]2c2ccncc2)cc1Cl. The van der Waals surface area contributed by atoms with Gasteiger partial charge in [-0.2, -0.15) is 0 Å². The van der Waals surface area contributed by atoms with Crippen molar-refractivity contribution < 1.29 is 9.53 Å². The summed E-state index contributed by atoms with van der Waals surface area (Å²) < 4.78 is 5.52. The van der Waals surface area contributed by atoms with Crippen molar-refractivity contribution >= 4 is 17.5 Å². The van der Waals surface area contributed by atoms with Crippen LogP contribution in [0.3, 0.4) is 0 Å². The Bertz CT molecular complexity index is 721. The Balaban J connectivity index is 1.82. The van der Waals surface area contributed by atoms with E-state index in [4.69, 9.17) is 16.3 Å². The number of aromatic nitrogens is 2. The van der Waals surface area contributed by atoms with Crippen molar-refractivity contribution in [3.63, 3.8) is 0 Å². The maximum absolute atomic E-state index is 12.9. The lowest BCUT2D eigenvalue weighted by Crippen LogP contribution is -2.30. The molecule has 0 bridgehead atoms. The molecule has 1 amide bonds.